The van der Waals surface area contributed by atoms with Crippen LogP contribution >= 0.6 is 0 Å². The fourth-order valence-corrected chi connectivity index (χ4v) is 1.73. The van der Waals surface area contributed by atoms with E-state index in [1.807, 2.05) is 0 Å². The number of nitrogens with one attached hydrogen (secondary N) is 1. The number of aliphatic hydroxyl groups is 1. The minimum Gasteiger partial charge on any atom is -0.488 e. The molecule has 144 valence electrons. The Bertz CT molecular complexity index is 655. The lowest BCUT2D eigenvalue weighted by Crippen LogP contribution is -2.19. The minimum atomic E-state index is -1.28. The first-order valence-corrected chi connectivity index (χ1v) is 7.91. The summed E-state index contributed by atoms with van der Waals surface area (Å²) in [7, 11) is 0. The molecule has 0 spiro atoms. The Labute approximate surface area is 149 Å². The molecule has 0 amide bonds. The van der Waals surface area contributed by atoms with E-state index in [1.165, 1.54) is 6.92 Å². The van der Waals surface area contributed by atoms with Crippen LogP contribution in [0.2, 0.25) is 0 Å². The van der Waals surface area contributed by atoms with Crippen LogP contribution in [-0.2, 0) is 19.1 Å². The summed E-state index contributed by atoms with van der Waals surface area (Å²) in [5, 5.41) is 11.5. The lowest BCUT2D eigenvalue weighted by molar-refractivity contribution is -0.146. The van der Waals surface area contributed by atoms with E-state index in [2.05, 4.69) is 5.32 Å². The van der Waals surface area contributed by atoms with Crippen molar-refractivity contribution in [3.8, 4) is 5.75 Å². The number of hydrogen-bond donors (Lipinski definition) is 2. The van der Waals surface area contributed by atoms with E-state index in [1.54, 1.807) is 13.8 Å². The number of carbonyl (C=O) groups excluding carboxylic acids is 2. The molecule has 26 heavy (non-hydrogen) atoms. The second kappa shape index (κ2) is 10.3. The molecule has 0 aliphatic rings. The van der Waals surface area contributed by atoms with E-state index in [0.717, 1.165) is 18.3 Å². The van der Waals surface area contributed by atoms with Gasteiger partial charge in [0.1, 0.15) is 6.61 Å². The van der Waals surface area contributed by atoms with E-state index in [4.69, 9.17) is 19.3 Å². The predicted octanol–water partition coefficient (Wildman–Crippen LogP) is 2.15. The van der Waals surface area contributed by atoms with Crippen LogP contribution in [0.15, 0.2) is 23.9 Å². The van der Waals surface area contributed by atoms with Gasteiger partial charge in [0, 0.05) is 6.20 Å². The largest absolute Gasteiger partial charge is 0.488 e. The van der Waals surface area contributed by atoms with Gasteiger partial charge in [-0.2, -0.15) is 4.39 Å². The van der Waals surface area contributed by atoms with Crippen LogP contribution in [0.5, 0.6) is 5.75 Å². The standard InChI is InChI=1S/C17H21F2NO6/c1-4-24-16(22)11(17(23)25-5-2)8-20-12-6-7-13(15(19)14(12)18)26-9-10(3)21/h6-8,10,20-21H,4-5,9H2,1-3H3/t10-/m1/s1. The number of benzene rings is 1. The van der Waals surface area contributed by atoms with Crippen LogP contribution in [0.3, 0.4) is 0 Å². The molecule has 0 fully saturated rings. The van der Waals surface area contributed by atoms with E-state index in [-0.39, 0.29) is 31.3 Å². The lowest BCUT2D eigenvalue weighted by atomic mass is 10.2. The van der Waals surface area contributed by atoms with Gasteiger partial charge in [-0.15, -0.1) is 0 Å². The summed E-state index contributed by atoms with van der Waals surface area (Å²) >= 11 is 0. The first-order chi connectivity index (χ1) is 12.3. The summed E-state index contributed by atoms with van der Waals surface area (Å²) < 4.78 is 42.5. The molecule has 0 unspecified atom stereocenters. The molecule has 7 nitrogen and oxygen atoms in total. The molecule has 0 saturated heterocycles. The summed E-state index contributed by atoms with van der Waals surface area (Å²) in [5.74, 6) is -4.87. The molecule has 0 aliphatic heterocycles. The van der Waals surface area contributed by atoms with Gasteiger partial charge in [0.15, 0.2) is 17.1 Å². The maximum absolute atomic E-state index is 14.1. The highest BCUT2D eigenvalue weighted by molar-refractivity contribution is 6.14. The SMILES string of the molecule is CCOC(=O)C(=CNc1ccc(OC[C@@H](C)O)c(F)c1F)C(=O)OCC. The second-order valence-corrected chi connectivity index (χ2v) is 5.04. The molecule has 9 heteroatoms. The number of hydrogen-bond acceptors (Lipinski definition) is 7. The van der Waals surface area contributed by atoms with Gasteiger partial charge in [-0.05, 0) is 32.9 Å². The summed E-state index contributed by atoms with van der Waals surface area (Å²) in [6.45, 7) is 4.37. The van der Waals surface area contributed by atoms with Crippen molar-refractivity contribution in [2.45, 2.75) is 26.9 Å². The second-order valence-electron chi connectivity index (χ2n) is 5.04. The van der Waals surface area contributed by atoms with Crippen molar-refractivity contribution in [1.82, 2.24) is 0 Å². The van der Waals surface area contributed by atoms with Crippen LogP contribution in [0.1, 0.15) is 20.8 Å². The summed E-state index contributed by atoms with van der Waals surface area (Å²) in [6.07, 6.45) is 0.0272. The minimum absolute atomic E-state index is 0.0217. The molecule has 1 atom stereocenters. The summed E-state index contributed by atoms with van der Waals surface area (Å²) in [4.78, 5) is 23.6. The molecule has 1 aromatic carbocycles. The maximum Gasteiger partial charge on any atom is 0.347 e. The average molecular weight is 373 g/mol. The summed E-state index contributed by atoms with van der Waals surface area (Å²) in [6, 6.07) is 2.30. The number of aliphatic hydroxyl groups excluding tert-OH is 1. The van der Waals surface area contributed by atoms with E-state index < -0.39 is 35.3 Å². The van der Waals surface area contributed by atoms with Gasteiger partial charge < -0.3 is 24.6 Å². The smallest absolute Gasteiger partial charge is 0.347 e. The molecule has 0 bridgehead atoms. The van der Waals surface area contributed by atoms with Crippen molar-refractivity contribution < 1.29 is 37.7 Å². The Morgan fingerprint density at radius 1 is 1.15 bits per heavy atom. The van der Waals surface area contributed by atoms with Gasteiger partial charge >= 0.3 is 11.9 Å². The molecular formula is C17H21F2NO6. The highest BCUT2D eigenvalue weighted by Crippen LogP contribution is 2.26. The van der Waals surface area contributed by atoms with Gasteiger partial charge in [-0.25, -0.2) is 14.0 Å². The molecule has 0 saturated carbocycles. The first-order valence-electron chi connectivity index (χ1n) is 7.91. The van der Waals surface area contributed by atoms with Crippen LogP contribution in [0.4, 0.5) is 14.5 Å². The van der Waals surface area contributed by atoms with Crippen molar-refractivity contribution in [3.63, 3.8) is 0 Å². The quantitative estimate of drug-likeness (QED) is 0.296. The zero-order valence-corrected chi connectivity index (χ0v) is 14.7. The number of rotatable bonds is 9. The topological polar surface area (TPSA) is 94.1 Å². The zero-order valence-electron chi connectivity index (χ0n) is 14.7. The fourth-order valence-electron chi connectivity index (χ4n) is 1.73. The van der Waals surface area contributed by atoms with Crippen LogP contribution in [0, 0.1) is 11.6 Å². The van der Waals surface area contributed by atoms with Gasteiger partial charge in [0.05, 0.1) is 25.0 Å². The Morgan fingerprint density at radius 3 is 2.23 bits per heavy atom. The molecule has 1 rings (SSSR count). The lowest BCUT2D eigenvalue weighted by Gasteiger charge is -2.12. The molecule has 0 heterocycles. The van der Waals surface area contributed by atoms with Gasteiger partial charge in [0.2, 0.25) is 5.82 Å². The van der Waals surface area contributed by atoms with Crippen molar-refractivity contribution in [2.24, 2.45) is 0 Å². The predicted molar refractivity (Wildman–Crippen MR) is 88.5 cm³/mol. The van der Waals surface area contributed by atoms with Gasteiger partial charge in [0.25, 0.3) is 0 Å². The number of esters is 2. The van der Waals surface area contributed by atoms with Crippen molar-refractivity contribution in [2.75, 3.05) is 25.1 Å². The molecular weight excluding hydrogens is 352 g/mol. The highest BCUT2D eigenvalue weighted by atomic mass is 19.2. The normalized spacial score (nSPS) is 11.3. The van der Waals surface area contributed by atoms with Gasteiger partial charge in [-0.1, -0.05) is 0 Å². The Hall–Kier alpha value is -2.68. The monoisotopic (exact) mass is 373 g/mol. The zero-order chi connectivity index (χ0) is 19.7. The van der Waals surface area contributed by atoms with E-state index in [9.17, 15) is 18.4 Å². The average Bonchev–Trinajstić information content (AvgIpc) is 2.58. The Kier molecular flexibility index (Phi) is 8.50. The third kappa shape index (κ3) is 5.99. The highest BCUT2D eigenvalue weighted by Gasteiger charge is 2.22. The summed E-state index contributed by atoms with van der Waals surface area (Å²) in [5.41, 5.74) is -0.832. The number of carbonyl (C=O) groups is 2. The van der Waals surface area contributed by atoms with Crippen LogP contribution in [0.25, 0.3) is 0 Å². The number of halogens is 2. The van der Waals surface area contributed by atoms with Crippen molar-refractivity contribution >= 4 is 17.6 Å². The maximum atomic E-state index is 14.1. The van der Waals surface area contributed by atoms with Crippen LogP contribution in [-0.4, -0.2) is 43.0 Å². The van der Waals surface area contributed by atoms with Crippen molar-refractivity contribution in [1.29, 1.82) is 0 Å². The number of ether oxygens (including phenoxy) is 3. The van der Waals surface area contributed by atoms with E-state index in [0.29, 0.717) is 0 Å². The van der Waals surface area contributed by atoms with E-state index >= 15 is 0 Å². The Balaban J connectivity index is 3.03. The fraction of sp³-hybridized carbons (Fsp3) is 0.412. The van der Waals surface area contributed by atoms with Crippen molar-refractivity contribution in [3.05, 3.63) is 35.5 Å². The third-order valence-corrected chi connectivity index (χ3v) is 2.89. The number of anilines is 1. The molecule has 2 N–H and O–H groups in total. The molecule has 1 aromatic rings. The van der Waals surface area contributed by atoms with Crippen LogP contribution < -0.4 is 10.1 Å². The molecule has 0 radical (unpaired) electrons. The molecule has 0 aromatic heterocycles. The van der Waals surface area contributed by atoms with Gasteiger partial charge in [-0.3, -0.25) is 0 Å². The Morgan fingerprint density at radius 2 is 1.73 bits per heavy atom. The molecule has 0 aliphatic carbocycles. The third-order valence-electron chi connectivity index (χ3n) is 2.89. The first kappa shape index (κ1) is 21.4.